The van der Waals surface area contributed by atoms with Crippen LogP contribution in [0.5, 0.6) is 0 Å². The summed E-state index contributed by atoms with van der Waals surface area (Å²) in [6, 6.07) is -0.811. The first-order valence-corrected chi connectivity index (χ1v) is 5.19. The molecular formula is C10H19NO5. The predicted octanol–water partition coefficient (Wildman–Crippen LogP) is -0.956. The second-order valence-electron chi connectivity index (χ2n) is 3.68. The van der Waals surface area contributed by atoms with Crippen molar-refractivity contribution in [3.63, 3.8) is 0 Å². The van der Waals surface area contributed by atoms with Crippen LogP contribution in [0.2, 0.25) is 0 Å². The fraction of sp³-hybridized carbons (Fsp3) is 0.800. The van der Waals surface area contributed by atoms with Crippen molar-refractivity contribution in [2.75, 3.05) is 13.2 Å². The van der Waals surface area contributed by atoms with Crippen LogP contribution in [0.25, 0.3) is 0 Å². The number of aliphatic hydroxyl groups excluding tert-OH is 2. The minimum atomic E-state index is -1.52. The number of nitrogens with one attached hydrogen (secondary N) is 1. The molecule has 0 aromatic carbocycles. The molecule has 0 heterocycles. The smallest absolute Gasteiger partial charge is 0.328 e. The Hall–Kier alpha value is -1.14. The molecule has 0 rings (SSSR count). The van der Waals surface area contributed by atoms with Crippen molar-refractivity contribution in [1.82, 2.24) is 5.32 Å². The van der Waals surface area contributed by atoms with Crippen LogP contribution in [0.3, 0.4) is 0 Å². The van der Waals surface area contributed by atoms with Gasteiger partial charge in [-0.1, -0.05) is 13.8 Å². The summed E-state index contributed by atoms with van der Waals surface area (Å²) in [7, 11) is 0. The zero-order valence-electron chi connectivity index (χ0n) is 9.77. The second kappa shape index (κ2) is 7.19. The molecule has 2 atom stereocenters. The molecule has 0 bridgehead atoms. The summed E-state index contributed by atoms with van der Waals surface area (Å²) >= 11 is 0. The molecule has 0 aromatic heterocycles. The van der Waals surface area contributed by atoms with Gasteiger partial charge in [0.1, 0.15) is 6.04 Å². The first kappa shape index (κ1) is 14.9. The van der Waals surface area contributed by atoms with Crippen LogP contribution in [0.15, 0.2) is 0 Å². The molecule has 0 aliphatic rings. The van der Waals surface area contributed by atoms with E-state index in [1.54, 1.807) is 20.8 Å². The molecule has 3 N–H and O–H groups in total. The van der Waals surface area contributed by atoms with E-state index in [-0.39, 0.29) is 12.5 Å². The molecule has 0 radical (unpaired) electrons. The Morgan fingerprint density at radius 2 is 1.94 bits per heavy atom. The van der Waals surface area contributed by atoms with Crippen molar-refractivity contribution >= 4 is 11.9 Å². The van der Waals surface area contributed by atoms with Gasteiger partial charge in [0.25, 0.3) is 5.91 Å². The zero-order chi connectivity index (χ0) is 12.7. The number of aliphatic hydroxyl groups is 2. The van der Waals surface area contributed by atoms with E-state index < -0.39 is 30.6 Å². The van der Waals surface area contributed by atoms with Crippen LogP contribution in [0.4, 0.5) is 0 Å². The first-order valence-electron chi connectivity index (χ1n) is 5.19. The molecule has 94 valence electrons. The largest absolute Gasteiger partial charge is 0.464 e. The normalized spacial score (nSPS) is 14.4. The number of rotatable bonds is 6. The number of esters is 1. The van der Waals surface area contributed by atoms with Crippen LogP contribution >= 0.6 is 0 Å². The molecule has 0 spiro atoms. The van der Waals surface area contributed by atoms with Crippen molar-refractivity contribution in [3.05, 3.63) is 0 Å². The Kier molecular flexibility index (Phi) is 6.67. The van der Waals surface area contributed by atoms with Gasteiger partial charge in [0.2, 0.25) is 0 Å². The number of carbonyl (C=O) groups excluding carboxylic acids is 2. The number of hydrogen-bond donors (Lipinski definition) is 3. The van der Waals surface area contributed by atoms with E-state index in [2.05, 4.69) is 5.32 Å². The summed E-state index contributed by atoms with van der Waals surface area (Å²) in [5.41, 5.74) is 0. The SMILES string of the molecule is CCOC(=O)C(NC(=O)C(O)CO)C(C)C. The van der Waals surface area contributed by atoms with Gasteiger partial charge in [-0.25, -0.2) is 4.79 Å². The summed E-state index contributed by atoms with van der Waals surface area (Å²) in [6.07, 6.45) is -1.52. The molecule has 0 aliphatic heterocycles. The molecule has 0 aliphatic carbocycles. The second-order valence-corrected chi connectivity index (χ2v) is 3.68. The monoisotopic (exact) mass is 233 g/mol. The molecule has 2 unspecified atom stereocenters. The minimum Gasteiger partial charge on any atom is -0.464 e. The van der Waals surface area contributed by atoms with Crippen molar-refractivity contribution in [3.8, 4) is 0 Å². The zero-order valence-corrected chi connectivity index (χ0v) is 9.77. The van der Waals surface area contributed by atoms with Gasteiger partial charge in [0, 0.05) is 0 Å². The highest BCUT2D eigenvalue weighted by Crippen LogP contribution is 2.04. The van der Waals surface area contributed by atoms with E-state index >= 15 is 0 Å². The lowest BCUT2D eigenvalue weighted by molar-refractivity contribution is -0.150. The molecular weight excluding hydrogens is 214 g/mol. The number of amides is 1. The van der Waals surface area contributed by atoms with Gasteiger partial charge >= 0.3 is 5.97 Å². The third-order valence-corrected chi connectivity index (χ3v) is 1.98. The van der Waals surface area contributed by atoms with Crippen LogP contribution in [0.1, 0.15) is 20.8 Å². The Morgan fingerprint density at radius 3 is 2.31 bits per heavy atom. The van der Waals surface area contributed by atoms with Crippen LogP contribution in [-0.4, -0.2) is 47.4 Å². The number of carbonyl (C=O) groups is 2. The average molecular weight is 233 g/mol. The van der Waals surface area contributed by atoms with Gasteiger partial charge in [0.15, 0.2) is 6.10 Å². The number of hydrogen-bond acceptors (Lipinski definition) is 5. The highest BCUT2D eigenvalue weighted by Gasteiger charge is 2.27. The molecule has 0 aromatic rings. The van der Waals surface area contributed by atoms with Gasteiger partial charge < -0.3 is 20.3 Å². The Bertz CT molecular complexity index is 241. The lowest BCUT2D eigenvalue weighted by atomic mass is 10.0. The maximum atomic E-state index is 11.5. The molecule has 16 heavy (non-hydrogen) atoms. The summed E-state index contributed by atoms with van der Waals surface area (Å²) in [4.78, 5) is 22.7. The summed E-state index contributed by atoms with van der Waals surface area (Å²) < 4.78 is 4.78. The van der Waals surface area contributed by atoms with Gasteiger partial charge in [0.05, 0.1) is 13.2 Å². The lowest BCUT2D eigenvalue weighted by Gasteiger charge is -2.21. The Balaban J connectivity index is 4.45. The molecule has 0 fully saturated rings. The van der Waals surface area contributed by atoms with E-state index in [4.69, 9.17) is 14.9 Å². The predicted molar refractivity (Wildman–Crippen MR) is 56.5 cm³/mol. The van der Waals surface area contributed by atoms with E-state index in [1.807, 2.05) is 0 Å². The third kappa shape index (κ3) is 4.59. The fourth-order valence-corrected chi connectivity index (χ4v) is 1.06. The van der Waals surface area contributed by atoms with Crippen molar-refractivity contribution < 1.29 is 24.5 Å². The third-order valence-electron chi connectivity index (χ3n) is 1.98. The number of ether oxygens (including phenoxy) is 1. The Morgan fingerprint density at radius 1 is 1.38 bits per heavy atom. The summed E-state index contributed by atoms with van der Waals surface area (Å²) in [6.45, 7) is 4.69. The maximum Gasteiger partial charge on any atom is 0.328 e. The Labute approximate surface area is 94.6 Å². The van der Waals surface area contributed by atoms with Crippen LogP contribution in [0, 0.1) is 5.92 Å². The highest BCUT2D eigenvalue weighted by atomic mass is 16.5. The van der Waals surface area contributed by atoms with Gasteiger partial charge in [-0.15, -0.1) is 0 Å². The topological polar surface area (TPSA) is 95.9 Å². The van der Waals surface area contributed by atoms with Crippen LogP contribution < -0.4 is 5.32 Å². The van der Waals surface area contributed by atoms with E-state index in [0.717, 1.165) is 0 Å². The molecule has 6 heteroatoms. The maximum absolute atomic E-state index is 11.5. The van der Waals surface area contributed by atoms with E-state index in [0.29, 0.717) is 0 Å². The summed E-state index contributed by atoms with van der Waals surface area (Å²) in [5, 5.41) is 20.0. The average Bonchev–Trinajstić information content (AvgIpc) is 2.23. The van der Waals surface area contributed by atoms with Crippen molar-refractivity contribution in [2.24, 2.45) is 5.92 Å². The van der Waals surface area contributed by atoms with Crippen LogP contribution in [-0.2, 0) is 14.3 Å². The van der Waals surface area contributed by atoms with Crippen molar-refractivity contribution in [1.29, 1.82) is 0 Å². The molecule has 0 saturated heterocycles. The van der Waals surface area contributed by atoms with E-state index in [9.17, 15) is 9.59 Å². The van der Waals surface area contributed by atoms with Gasteiger partial charge in [-0.2, -0.15) is 0 Å². The summed E-state index contributed by atoms with van der Waals surface area (Å²) in [5.74, 6) is -1.49. The molecule has 0 saturated carbocycles. The van der Waals surface area contributed by atoms with Gasteiger partial charge in [-0.05, 0) is 12.8 Å². The lowest BCUT2D eigenvalue weighted by Crippen LogP contribution is -2.49. The van der Waals surface area contributed by atoms with E-state index in [1.165, 1.54) is 0 Å². The highest BCUT2D eigenvalue weighted by molar-refractivity contribution is 5.87. The first-order chi connectivity index (χ1) is 7.43. The molecule has 1 amide bonds. The van der Waals surface area contributed by atoms with Gasteiger partial charge in [-0.3, -0.25) is 4.79 Å². The quantitative estimate of drug-likeness (QED) is 0.514. The molecule has 6 nitrogen and oxygen atoms in total. The standard InChI is InChI=1S/C10H19NO5/c1-4-16-10(15)8(6(2)3)11-9(14)7(13)5-12/h6-8,12-13H,4-5H2,1-3H3,(H,11,14). The van der Waals surface area contributed by atoms with Crippen molar-refractivity contribution in [2.45, 2.75) is 32.9 Å². The fourth-order valence-electron chi connectivity index (χ4n) is 1.06. The minimum absolute atomic E-state index is 0.158.